The second-order valence-electron chi connectivity index (χ2n) is 5.85. The quantitative estimate of drug-likeness (QED) is 0.470. The van der Waals surface area contributed by atoms with Gasteiger partial charge < -0.3 is 14.5 Å². The van der Waals surface area contributed by atoms with Gasteiger partial charge in [0.2, 0.25) is 5.91 Å². The van der Waals surface area contributed by atoms with Crippen LogP contribution in [0.15, 0.2) is 52.1 Å². The minimum atomic E-state index is -0.182. The zero-order chi connectivity index (χ0) is 19.5. The van der Waals surface area contributed by atoms with Crippen molar-refractivity contribution in [2.24, 2.45) is 0 Å². The molecule has 0 spiro atoms. The summed E-state index contributed by atoms with van der Waals surface area (Å²) < 4.78 is 12.0. The molecule has 0 saturated heterocycles. The lowest BCUT2D eigenvalue weighted by Gasteiger charge is -2.03. The fourth-order valence-electron chi connectivity index (χ4n) is 2.62. The van der Waals surface area contributed by atoms with Crippen molar-refractivity contribution in [3.05, 3.63) is 48.0 Å². The monoisotopic (exact) mass is 412 g/mol. The molecule has 28 heavy (non-hydrogen) atoms. The summed E-state index contributed by atoms with van der Waals surface area (Å²) in [6.45, 7) is 2.00. The van der Waals surface area contributed by atoms with Gasteiger partial charge >= 0.3 is 0 Å². The predicted octanol–water partition coefficient (Wildman–Crippen LogP) is 4.39. The number of aromatic nitrogens is 3. The van der Waals surface area contributed by atoms with Gasteiger partial charge in [-0.05, 0) is 30.7 Å². The van der Waals surface area contributed by atoms with E-state index in [0.717, 1.165) is 15.8 Å². The van der Waals surface area contributed by atoms with Gasteiger partial charge in [0.05, 0.1) is 28.6 Å². The molecule has 4 aromatic rings. The third kappa shape index (κ3) is 3.85. The normalized spacial score (nSPS) is 10.9. The van der Waals surface area contributed by atoms with Crippen molar-refractivity contribution in [3.63, 3.8) is 0 Å². The number of amides is 1. The number of nitrogens with one attached hydrogen (secondary N) is 1. The van der Waals surface area contributed by atoms with E-state index in [0.29, 0.717) is 27.6 Å². The first-order valence-electron chi connectivity index (χ1n) is 8.40. The number of thioether (sulfide) groups is 1. The van der Waals surface area contributed by atoms with Crippen LogP contribution >= 0.6 is 23.1 Å². The minimum Gasteiger partial charge on any atom is -0.496 e. The predicted molar refractivity (Wildman–Crippen MR) is 110 cm³/mol. The maximum Gasteiger partial charge on any atom is 0.277 e. The second-order valence-corrected chi connectivity index (χ2v) is 7.81. The Morgan fingerprint density at radius 1 is 1.21 bits per heavy atom. The van der Waals surface area contributed by atoms with Crippen molar-refractivity contribution in [1.82, 2.24) is 15.2 Å². The number of thiazole rings is 1. The number of nitrogens with zero attached hydrogens (tertiary/aromatic N) is 3. The minimum absolute atomic E-state index is 0.141. The lowest BCUT2D eigenvalue weighted by molar-refractivity contribution is -0.113. The van der Waals surface area contributed by atoms with E-state index >= 15 is 0 Å². The zero-order valence-electron chi connectivity index (χ0n) is 15.1. The highest BCUT2D eigenvalue weighted by Crippen LogP contribution is 2.31. The molecule has 4 rings (SSSR count). The Bertz CT molecular complexity index is 1140. The van der Waals surface area contributed by atoms with Gasteiger partial charge in [-0.15, -0.1) is 10.2 Å². The van der Waals surface area contributed by atoms with Crippen molar-refractivity contribution < 1.29 is 13.9 Å². The van der Waals surface area contributed by atoms with Gasteiger partial charge in [0.1, 0.15) is 5.75 Å². The maximum atomic E-state index is 12.2. The molecular formula is C19H16N4O3S2. The zero-order valence-corrected chi connectivity index (χ0v) is 16.8. The molecule has 0 aliphatic carbocycles. The van der Waals surface area contributed by atoms with Gasteiger partial charge in [0.15, 0.2) is 5.13 Å². The van der Waals surface area contributed by atoms with E-state index < -0.39 is 0 Å². The van der Waals surface area contributed by atoms with Gasteiger partial charge in [-0.25, -0.2) is 4.98 Å². The Balaban J connectivity index is 1.40. The number of carbonyl (C=O) groups excluding carboxylic acids is 1. The molecule has 0 saturated carbocycles. The Morgan fingerprint density at radius 3 is 2.89 bits per heavy atom. The van der Waals surface area contributed by atoms with Crippen LogP contribution < -0.4 is 10.1 Å². The molecule has 9 heteroatoms. The van der Waals surface area contributed by atoms with Crippen LogP contribution in [-0.4, -0.2) is 34.0 Å². The number of fused-ring (bicyclic) bond motifs is 1. The van der Waals surface area contributed by atoms with Crippen LogP contribution in [0.1, 0.15) is 5.56 Å². The van der Waals surface area contributed by atoms with Crippen LogP contribution in [0, 0.1) is 6.92 Å². The molecule has 0 bridgehead atoms. The summed E-state index contributed by atoms with van der Waals surface area (Å²) in [7, 11) is 1.58. The van der Waals surface area contributed by atoms with Gasteiger partial charge in [-0.3, -0.25) is 4.79 Å². The van der Waals surface area contributed by atoms with Crippen LogP contribution in [0.2, 0.25) is 0 Å². The maximum absolute atomic E-state index is 12.2. The summed E-state index contributed by atoms with van der Waals surface area (Å²) in [6.07, 6.45) is 0. The van der Waals surface area contributed by atoms with Crippen LogP contribution in [0.4, 0.5) is 5.13 Å². The lowest BCUT2D eigenvalue weighted by Crippen LogP contribution is -2.13. The van der Waals surface area contributed by atoms with Crippen LogP contribution in [0.3, 0.4) is 0 Å². The molecule has 1 amide bonds. The molecule has 142 valence electrons. The van der Waals surface area contributed by atoms with Crippen LogP contribution in [0.5, 0.6) is 5.75 Å². The molecule has 0 aliphatic heterocycles. The highest BCUT2D eigenvalue weighted by atomic mass is 32.2. The fraction of sp³-hybridized carbons (Fsp3) is 0.158. The smallest absolute Gasteiger partial charge is 0.277 e. The van der Waals surface area contributed by atoms with E-state index in [1.165, 1.54) is 23.1 Å². The summed E-state index contributed by atoms with van der Waals surface area (Å²) in [4.78, 5) is 16.7. The number of methoxy groups -OCH3 is 1. The first kappa shape index (κ1) is 18.5. The van der Waals surface area contributed by atoms with E-state index in [9.17, 15) is 4.79 Å². The SMILES string of the molecule is COc1ccccc1-c1nnc(SCC(=O)Nc2nc3c(C)cccc3s2)o1. The second kappa shape index (κ2) is 7.99. The molecule has 2 aromatic carbocycles. The number of benzene rings is 2. The molecular weight excluding hydrogens is 396 g/mol. The van der Waals surface area contributed by atoms with Crippen molar-refractivity contribution in [3.8, 4) is 17.2 Å². The van der Waals surface area contributed by atoms with Crippen molar-refractivity contribution in [2.75, 3.05) is 18.2 Å². The average molecular weight is 412 g/mol. The molecule has 0 fully saturated rings. The van der Waals surface area contributed by atoms with Gasteiger partial charge in [0, 0.05) is 0 Å². The van der Waals surface area contributed by atoms with Crippen molar-refractivity contribution in [1.29, 1.82) is 0 Å². The van der Waals surface area contributed by atoms with Gasteiger partial charge in [0.25, 0.3) is 11.1 Å². The molecule has 1 N–H and O–H groups in total. The third-order valence-corrected chi connectivity index (χ3v) is 5.69. The number of rotatable bonds is 6. The molecule has 7 nitrogen and oxygen atoms in total. The number of hydrogen-bond donors (Lipinski definition) is 1. The summed E-state index contributed by atoms with van der Waals surface area (Å²) >= 11 is 2.62. The largest absolute Gasteiger partial charge is 0.496 e. The molecule has 2 aromatic heterocycles. The molecule has 0 aliphatic rings. The molecule has 0 unspecified atom stereocenters. The fourth-order valence-corrected chi connectivity index (χ4v) is 4.14. The topological polar surface area (TPSA) is 90.1 Å². The van der Waals surface area contributed by atoms with Gasteiger partial charge in [-0.2, -0.15) is 0 Å². The Kier molecular flexibility index (Phi) is 5.27. The van der Waals surface area contributed by atoms with E-state index in [2.05, 4.69) is 20.5 Å². The number of aryl methyl sites for hydroxylation is 1. The Hall–Kier alpha value is -2.91. The van der Waals surface area contributed by atoms with E-state index in [1.807, 2.05) is 49.4 Å². The first-order chi connectivity index (χ1) is 13.6. The third-order valence-electron chi connectivity index (χ3n) is 3.94. The summed E-state index contributed by atoms with van der Waals surface area (Å²) in [5.41, 5.74) is 2.70. The standard InChI is InChI=1S/C19H16N4O3S2/c1-11-6-5-9-14-16(11)21-18(28-14)20-15(24)10-27-19-23-22-17(26-19)12-7-3-4-8-13(12)25-2/h3-9H,10H2,1-2H3,(H,20,21,24). The Labute approximate surface area is 169 Å². The molecule has 0 atom stereocenters. The molecule has 0 radical (unpaired) electrons. The first-order valence-corrected chi connectivity index (χ1v) is 10.2. The van der Waals surface area contributed by atoms with Crippen LogP contribution in [0.25, 0.3) is 21.7 Å². The van der Waals surface area contributed by atoms with Gasteiger partial charge in [-0.1, -0.05) is 47.4 Å². The number of ether oxygens (including phenoxy) is 1. The highest BCUT2D eigenvalue weighted by Gasteiger charge is 2.15. The Morgan fingerprint density at radius 2 is 2.07 bits per heavy atom. The van der Waals surface area contributed by atoms with E-state index in [4.69, 9.17) is 9.15 Å². The summed E-state index contributed by atoms with van der Waals surface area (Å²) in [6, 6.07) is 13.3. The van der Waals surface area contributed by atoms with Crippen LogP contribution in [-0.2, 0) is 4.79 Å². The number of para-hydroxylation sites is 2. The summed E-state index contributed by atoms with van der Waals surface area (Å²) in [5, 5.41) is 11.7. The highest BCUT2D eigenvalue weighted by molar-refractivity contribution is 7.99. The number of anilines is 1. The van der Waals surface area contributed by atoms with Crippen molar-refractivity contribution >= 4 is 44.4 Å². The van der Waals surface area contributed by atoms with E-state index in [-0.39, 0.29) is 11.7 Å². The number of carbonyl (C=O) groups is 1. The number of hydrogen-bond acceptors (Lipinski definition) is 8. The molecule has 2 heterocycles. The van der Waals surface area contributed by atoms with Crippen molar-refractivity contribution in [2.45, 2.75) is 12.1 Å². The summed E-state index contributed by atoms with van der Waals surface area (Å²) in [5.74, 6) is 0.954. The van der Waals surface area contributed by atoms with E-state index in [1.54, 1.807) is 7.11 Å². The lowest BCUT2D eigenvalue weighted by atomic mass is 10.2. The average Bonchev–Trinajstić information content (AvgIpc) is 3.34.